The third-order valence-corrected chi connectivity index (χ3v) is 4.89. The van der Waals surface area contributed by atoms with Crippen LogP contribution in [0.2, 0.25) is 0 Å². The number of nitrogens with zero attached hydrogens (tertiary/aromatic N) is 1. The minimum atomic E-state index is -0.113. The van der Waals surface area contributed by atoms with Gasteiger partial charge in [0.05, 0.1) is 5.01 Å². The van der Waals surface area contributed by atoms with E-state index in [0.29, 0.717) is 18.2 Å². The van der Waals surface area contributed by atoms with E-state index in [-0.39, 0.29) is 11.9 Å². The number of benzene rings is 1. The SMILES string of the molecule is NC(CNC(=O)c1csc(CCc2ccccc2)n1)C1CC1. The van der Waals surface area contributed by atoms with Crippen molar-refractivity contribution >= 4 is 17.2 Å². The van der Waals surface area contributed by atoms with Crippen molar-refractivity contribution in [2.45, 2.75) is 31.7 Å². The van der Waals surface area contributed by atoms with Gasteiger partial charge in [-0.05, 0) is 30.7 Å². The molecule has 0 spiro atoms. The first kappa shape index (κ1) is 15.2. The molecule has 1 saturated carbocycles. The van der Waals surface area contributed by atoms with E-state index in [1.807, 2.05) is 23.6 Å². The van der Waals surface area contributed by atoms with Gasteiger partial charge in [0.15, 0.2) is 0 Å². The van der Waals surface area contributed by atoms with Crippen LogP contribution in [-0.2, 0) is 12.8 Å². The monoisotopic (exact) mass is 315 g/mol. The fourth-order valence-electron chi connectivity index (χ4n) is 2.42. The number of aryl methyl sites for hydroxylation is 2. The predicted molar refractivity (Wildman–Crippen MR) is 89.0 cm³/mol. The number of carbonyl (C=O) groups is 1. The summed E-state index contributed by atoms with van der Waals surface area (Å²) in [4.78, 5) is 16.5. The van der Waals surface area contributed by atoms with Crippen LogP contribution >= 0.6 is 11.3 Å². The Hall–Kier alpha value is -1.72. The molecule has 1 aromatic heterocycles. The molecule has 2 aromatic rings. The minimum Gasteiger partial charge on any atom is -0.349 e. The molecule has 0 aliphatic heterocycles. The summed E-state index contributed by atoms with van der Waals surface area (Å²) in [6.07, 6.45) is 4.19. The number of nitrogens with one attached hydrogen (secondary N) is 1. The van der Waals surface area contributed by atoms with E-state index in [4.69, 9.17) is 5.73 Å². The smallest absolute Gasteiger partial charge is 0.270 e. The van der Waals surface area contributed by atoms with Crippen molar-refractivity contribution in [1.82, 2.24) is 10.3 Å². The molecular weight excluding hydrogens is 294 g/mol. The molecule has 1 aromatic carbocycles. The van der Waals surface area contributed by atoms with Gasteiger partial charge in [-0.2, -0.15) is 0 Å². The van der Waals surface area contributed by atoms with Crippen molar-refractivity contribution < 1.29 is 4.79 Å². The van der Waals surface area contributed by atoms with E-state index >= 15 is 0 Å². The van der Waals surface area contributed by atoms with Crippen LogP contribution in [-0.4, -0.2) is 23.5 Å². The summed E-state index contributed by atoms with van der Waals surface area (Å²) >= 11 is 1.55. The lowest BCUT2D eigenvalue weighted by Crippen LogP contribution is -2.38. The quantitative estimate of drug-likeness (QED) is 0.824. The highest BCUT2D eigenvalue weighted by molar-refractivity contribution is 7.09. The number of hydrogen-bond acceptors (Lipinski definition) is 4. The van der Waals surface area contributed by atoms with Crippen LogP contribution in [0.5, 0.6) is 0 Å². The average molecular weight is 315 g/mol. The summed E-state index contributed by atoms with van der Waals surface area (Å²) in [7, 11) is 0. The van der Waals surface area contributed by atoms with E-state index in [9.17, 15) is 4.79 Å². The second-order valence-corrected chi connectivity index (χ2v) is 6.77. The van der Waals surface area contributed by atoms with Crippen LogP contribution in [0.4, 0.5) is 0 Å². The highest BCUT2D eigenvalue weighted by Gasteiger charge is 2.28. The molecule has 1 aliphatic carbocycles. The zero-order valence-electron chi connectivity index (χ0n) is 12.5. The molecule has 1 atom stereocenters. The van der Waals surface area contributed by atoms with Gasteiger partial charge in [0, 0.05) is 24.4 Å². The topological polar surface area (TPSA) is 68.0 Å². The molecule has 0 bridgehead atoms. The Bertz CT molecular complexity index is 622. The minimum absolute atomic E-state index is 0.0835. The van der Waals surface area contributed by atoms with Crippen molar-refractivity contribution in [3.63, 3.8) is 0 Å². The first-order valence-corrected chi connectivity index (χ1v) is 8.62. The van der Waals surface area contributed by atoms with Gasteiger partial charge in [0.1, 0.15) is 5.69 Å². The van der Waals surface area contributed by atoms with E-state index in [2.05, 4.69) is 22.4 Å². The second-order valence-electron chi connectivity index (χ2n) is 5.82. The molecule has 1 aliphatic rings. The molecule has 1 amide bonds. The largest absolute Gasteiger partial charge is 0.349 e. The van der Waals surface area contributed by atoms with Crippen LogP contribution < -0.4 is 11.1 Å². The molecule has 22 heavy (non-hydrogen) atoms. The molecule has 1 unspecified atom stereocenters. The maximum atomic E-state index is 12.1. The normalized spacial score (nSPS) is 15.5. The fourth-order valence-corrected chi connectivity index (χ4v) is 3.20. The van der Waals surface area contributed by atoms with Gasteiger partial charge < -0.3 is 11.1 Å². The predicted octanol–water partition coefficient (Wildman–Crippen LogP) is 2.40. The van der Waals surface area contributed by atoms with Crippen molar-refractivity contribution in [2.75, 3.05) is 6.54 Å². The van der Waals surface area contributed by atoms with Gasteiger partial charge in [0.25, 0.3) is 5.91 Å². The number of amides is 1. The molecule has 1 heterocycles. The Kier molecular flexibility index (Phi) is 4.85. The zero-order valence-corrected chi connectivity index (χ0v) is 13.3. The Labute approximate surface area is 134 Å². The molecule has 0 radical (unpaired) electrons. The van der Waals surface area contributed by atoms with Crippen LogP contribution in [0.3, 0.4) is 0 Å². The van der Waals surface area contributed by atoms with Crippen LogP contribution in [0.15, 0.2) is 35.7 Å². The van der Waals surface area contributed by atoms with Gasteiger partial charge in [-0.1, -0.05) is 30.3 Å². The first-order valence-electron chi connectivity index (χ1n) is 7.74. The molecule has 1 fully saturated rings. The summed E-state index contributed by atoms with van der Waals surface area (Å²) in [6, 6.07) is 10.4. The molecule has 3 N–H and O–H groups in total. The van der Waals surface area contributed by atoms with E-state index in [1.165, 1.54) is 18.4 Å². The summed E-state index contributed by atoms with van der Waals surface area (Å²) < 4.78 is 0. The van der Waals surface area contributed by atoms with Gasteiger partial charge in [-0.15, -0.1) is 11.3 Å². The first-order chi connectivity index (χ1) is 10.7. The number of thiazole rings is 1. The van der Waals surface area contributed by atoms with E-state index < -0.39 is 0 Å². The van der Waals surface area contributed by atoms with Crippen LogP contribution in [0, 0.1) is 5.92 Å². The van der Waals surface area contributed by atoms with Gasteiger partial charge in [-0.3, -0.25) is 4.79 Å². The lowest BCUT2D eigenvalue weighted by Gasteiger charge is -2.10. The van der Waals surface area contributed by atoms with Crippen molar-refractivity contribution in [3.05, 3.63) is 52.0 Å². The molecule has 5 heteroatoms. The molecule has 3 rings (SSSR count). The Morgan fingerprint density at radius 2 is 2.09 bits per heavy atom. The third-order valence-electron chi connectivity index (χ3n) is 3.98. The summed E-state index contributed by atoms with van der Waals surface area (Å²) in [5.74, 6) is 0.482. The highest BCUT2D eigenvalue weighted by Crippen LogP contribution is 2.31. The van der Waals surface area contributed by atoms with Gasteiger partial charge in [0.2, 0.25) is 0 Å². The number of carbonyl (C=O) groups excluding carboxylic acids is 1. The summed E-state index contributed by atoms with van der Waals surface area (Å²) in [5, 5.41) is 5.72. The van der Waals surface area contributed by atoms with E-state index in [1.54, 1.807) is 11.3 Å². The highest BCUT2D eigenvalue weighted by atomic mass is 32.1. The third kappa shape index (κ3) is 4.15. The molecule has 4 nitrogen and oxygen atoms in total. The summed E-state index contributed by atoms with van der Waals surface area (Å²) in [6.45, 7) is 0.542. The number of hydrogen-bond donors (Lipinski definition) is 2. The second kappa shape index (κ2) is 7.03. The van der Waals surface area contributed by atoms with Gasteiger partial charge in [-0.25, -0.2) is 4.98 Å². The number of rotatable bonds is 7. The zero-order chi connectivity index (χ0) is 15.4. The van der Waals surface area contributed by atoms with E-state index in [0.717, 1.165) is 17.8 Å². The maximum absolute atomic E-state index is 12.1. The average Bonchev–Trinajstić information content (AvgIpc) is 3.30. The van der Waals surface area contributed by atoms with Crippen LogP contribution in [0.25, 0.3) is 0 Å². The van der Waals surface area contributed by atoms with Crippen molar-refractivity contribution in [1.29, 1.82) is 0 Å². The number of nitrogens with two attached hydrogens (primary N) is 1. The van der Waals surface area contributed by atoms with Crippen molar-refractivity contribution in [2.24, 2.45) is 11.7 Å². The lowest BCUT2D eigenvalue weighted by molar-refractivity contribution is 0.0946. The standard InChI is InChI=1S/C17H21N3OS/c18-14(13-7-8-13)10-19-17(21)15-11-22-16(20-15)9-6-12-4-2-1-3-5-12/h1-5,11,13-14H,6-10,18H2,(H,19,21). The maximum Gasteiger partial charge on any atom is 0.270 e. The van der Waals surface area contributed by atoms with Gasteiger partial charge >= 0.3 is 0 Å². The Morgan fingerprint density at radius 1 is 1.32 bits per heavy atom. The fraction of sp³-hybridized carbons (Fsp3) is 0.412. The molecule has 0 saturated heterocycles. The van der Waals surface area contributed by atoms with Crippen LogP contribution in [0.1, 0.15) is 33.9 Å². The Morgan fingerprint density at radius 3 is 2.82 bits per heavy atom. The number of aromatic nitrogens is 1. The Balaban J connectivity index is 1.48. The van der Waals surface area contributed by atoms with Crippen molar-refractivity contribution in [3.8, 4) is 0 Å². The molecular formula is C17H21N3OS. The lowest BCUT2D eigenvalue weighted by atomic mass is 10.1. The summed E-state index contributed by atoms with van der Waals surface area (Å²) in [5.41, 5.74) is 7.79. The molecule has 116 valence electrons.